The van der Waals surface area contributed by atoms with Crippen LogP contribution in [0, 0.1) is 0 Å². The fraction of sp³-hybridized carbons (Fsp3) is 0.650. The zero-order chi connectivity index (χ0) is 17.9. The zero-order valence-electron chi connectivity index (χ0n) is 16.3. The maximum absolute atomic E-state index is 11.6. The van der Waals surface area contributed by atoms with Crippen LogP contribution in [0.4, 0.5) is 0 Å². The van der Waals surface area contributed by atoms with E-state index in [1.807, 2.05) is 6.92 Å². The minimum absolute atomic E-state index is 0. The third kappa shape index (κ3) is 11.6. The van der Waals surface area contributed by atoms with Gasteiger partial charge in [0.25, 0.3) is 0 Å². The average molecular weight is 420 g/mol. The van der Waals surface area contributed by atoms with E-state index in [-0.39, 0.29) is 36.8 Å². The molecule has 0 radical (unpaired) electrons. The van der Waals surface area contributed by atoms with Crippen molar-refractivity contribution < 1.29 is 9.53 Å². The van der Waals surface area contributed by atoms with Gasteiger partial charge in [0.05, 0.1) is 6.10 Å². The Labute approximate surface area is 176 Å². The van der Waals surface area contributed by atoms with E-state index >= 15 is 0 Å². The molecule has 5 nitrogen and oxygen atoms in total. The molecule has 27 heavy (non-hydrogen) atoms. The summed E-state index contributed by atoms with van der Waals surface area (Å²) in [5.41, 5.74) is 7.03. The number of halogens is 2. The summed E-state index contributed by atoms with van der Waals surface area (Å²) in [5.74, 6) is 0.0894. The Hall–Kier alpha value is -0.850. The number of nitrogens with two attached hydrogens (primary N) is 1. The second-order valence-electron chi connectivity index (χ2n) is 7.05. The van der Waals surface area contributed by atoms with E-state index in [2.05, 4.69) is 40.5 Å². The molecule has 0 aliphatic carbocycles. The van der Waals surface area contributed by atoms with Crippen LogP contribution >= 0.6 is 24.8 Å². The van der Waals surface area contributed by atoms with Gasteiger partial charge in [-0.05, 0) is 38.2 Å². The van der Waals surface area contributed by atoms with Crippen LogP contribution in [0.3, 0.4) is 0 Å². The molecular weight excluding hydrogens is 385 g/mol. The van der Waals surface area contributed by atoms with Crippen LogP contribution in [0.2, 0.25) is 0 Å². The molecular formula is C20H35Cl2N3O2. The Bertz CT molecular complexity index is 495. The number of carbonyl (C=O) groups excluding carboxylic acids is 1. The number of nitrogens with zero attached hydrogens (tertiary/aromatic N) is 1. The van der Waals surface area contributed by atoms with Crippen molar-refractivity contribution in [2.45, 2.75) is 57.7 Å². The third-order valence-corrected chi connectivity index (χ3v) is 4.61. The Morgan fingerprint density at radius 2 is 1.93 bits per heavy atom. The van der Waals surface area contributed by atoms with Gasteiger partial charge in [-0.3, -0.25) is 9.69 Å². The first-order valence-electron chi connectivity index (χ1n) is 9.53. The summed E-state index contributed by atoms with van der Waals surface area (Å²) in [4.78, 5) is 14.1. The van der Waals surface area contributed by atoms with Crippen LogP contribution in [-0.2, 0) is 16.1 Å². The molecule has 7 heteroatoms. The number of hydrogen-bond donors (Lipinski definition) is 2. The van der Waals surface area contributed by atoms with Gasteiger partial charge in [0, 0.05) is 45.2 Å². The Morgan fingerprint density at radius 3 is 2.56 bits per heavy atom. The van der Waals surface area contributed by atoms with Gasteiger partial charge >= 0.3 is 0 Å². The molecule has 0 bridgehead atoms. The molecule has 1 aliphatic heterocycles. The molecule has 1 aromatic rings. The average Bonchev–Trinajstić information content (AvgIpc) is 2.62. The monoisotopic (exact) mass is 419 g/mol. The zero-order valence-corrected chi connectivity index (χ0v) is 17.9. The minimum atomic E-state index is 0. The van der Waals surface area contributed by atoms with Gasteiger partial charge in [0.1, 0.15) is 0 Å². The highest BCUT2D eigenvalue weighted by atomic mass is 35.5. The van der Waals surface area contributed by atoms with Gasteiger partial charge in [0.15, 0.2) is 0 Å². The summed E-state index contributed by atoms with van der Waals surface area (Å²) in [6.45, 7) is 6.54. The molecule has 2 rings (SSSR count). The molecule has 156 valence electrons. The minimum Gasteiger partial charge on any atom is -0.378 e. The van der Waals surface area contributed by atoms with Crippen LogP contribution in [0.25, 0.3) is 0 Å². The predicted molar refractivity (Wildman–Crippen MR) is 116 cm³/mol. The summed E-state index contributed by atoms with van der Waals surface area (Å²) in [7, 11) is 0. The van der Waals surface area contributed by atoms with Crippen molar-refractivity contribution in [1.29, 1.82) is 0 Å². The number of rotatable bonds is 10. The highest BCUT2D eigenvalue weighted by Crippen LogP contribution is 2.16. The molecule has 1 unspecified atom stereocenters. The van der Waals surface area contributed by atoms with Crippen molar-refractivity contribution in [2.24, 2.45) is 5.73 Å². The molecule has 1 fully saturated rings. The normalized spacial score (nSPS) is 16.1. The SMILES string of the molecule is CC(N)CCC(=O)NCCCOC1CCN(Cc2ccccc2)CC1.Cl.Cl. The fourth-order valence-corrected chi connectivity index (χ4v) is 3.07. The van der Waals surface area contributed by atoms with Crippen molar-refractivity contribution in [3.05, 3.63) is 35.9 Å². The number of benzene rings is 1. The van der Waals surface area contributed by atoms with Crippen molar-refractivity contribution in [2.75, 3.05) is 26.2 Å². The van der Waals surface area contributed by atoms with Crippen LogP contribution in [-0.4, -0.2) is 49.2 Å². The number of ether oxygens (including phenoxy) is 1. The summed E-state index contributed by atoms with van der Waals surface area (Å²) in [5, 5.41) is 2.93. The molecule has 0 spiro atoms. The topological polar surface area (TPSA) is 67.6 Å². The third-order valence-electron chi connectivity index (χ3n) is 4.61. The Morgan fingerprint density at radius 1 is 1.26 bits per heavy atom. The van der Waals surface area contributed by atoms with E-state index in [0.717, 1.165) is 51.9 Å². The summed E-state index contributed by atoms with van der Waals surface area (Å²) >= 11 is 0. The van der Waals surface area contributed by atoms with Crippen molar-refractivity contribution >= 4 is 30.7 Å². The molecule has 1 aromatic carbocycles. The van der Waals surface area contributed by atoms with Crippen LogP contribution in [0.5, 0.6) is 0 Å². The number of piperidine rings is 1. The van der Waals surface area contributed by atoms with E-state index in [4.69, 9.17) is 10.5 Å². The summed E-state index contributed by atoms with van der Waals surface area (Å²) in [6, 6.07) is 10.7. The van der Waals surface area contributed by atoms with Crippen LogP contribution < -0.4 is 11.1 Å². The lowest BCUT2D eigenvalue weighted by Gasteiger charge is -2.32. The second-order valence-corrected chi connectivity index (χ2v) is 7.05. The van der Waals surface area contributed by atoms with E-state index < -0.39 is 0 Å². The van der Waals surface area contributed by atoms with Crippen LogP contribution in [0.1, 0.15) is 44.6 Å². The first kappa shape index (κ1) is 26.1. The summed E-state index contributed by atoms with van der Waals surface area (Å²) in [6.07, 6.45) is 4.67. The fourth-order valence-electron chi connectivity index (χ4n) is 3.07. The Balaban J connectivity index is 0.00000338. The maximum Gasteiger partial charge on any atom is 0.220 e. The quantitative estimate of drug-likeness (QED) is 0.571. The lowest BCUT2D eigenvalue weighted by molar-refractivity contribution is -0.121. The molecule has 3 N–H and O–H groups in total. The van der Waals surface area contributed by atoms with Gasteiger partial charge in [-0.25, -0.2) is 0 Å². The van der Waals surface area contributed by atoms with Crippen molar-refractivity contribution in [3.8, 4) is 0 Å². The van der Waals surface area contributed by atoms with E-state index in [9.17, 15) is 4.79 Å². The highest BCUT2D eigenvalue weighted by molar-refractivity contribution is 5.85. The predicted octanol–water partition coefficient (Wildman–Crippen LogP) is 3.14. The molecule has 0 saturated carbocycles. The first-order chi connectivity index (χ1) is 12.1. The molecule has 1 saturated heterocycles. The highest BCUT2D eigenvalue weighted by Gasteiger charge is 2.19. The lowest BCUT2D eigenvalue weighted by atomic mass is 10.1. The lowest BCUT2D eigenvalue weighted by Crippen LogP contribution is -2.37. The molecule has 0 aromatic heterocycles. The van der Waals surface area contributed by atoms with Crippen LogP contribution in [0.15, 0.2) is 30.3 Å². The number of hydrogen-bond acceptors (Lipinski definition) is 4. The number of likely N-dealkylation sites (tertiary alicyclic amines) is 1. The standard InChI is InChI=1S/C20H33N3O2.2ClH/c1-17(21)8-9-20(24)22-12-5-15-25-19-10-13-23(14-11-19)16-18-6-3-2-4-7-18;;/h2-4,6-7,17,19H,5,8-16,21H2,1H3,(H,22,24);2*1H. The summed E-state index contributed by atoms with van der Waals surface area (Å²) < 4.78 is 5.96. The van der Waals surface area contributed by atoms with Gasteiger partial charge in [-0.2, -0.15) is 0 Å². The first-order valence-corrected chi connectivity index (χ1v) is 9.53. The number of amides is 1. The maximum atomic E-state index is 11.6. The molecule has 1 heterocycles. The molecule has 1 atom stereocenters. The molecule has 1 aliphatic rings. The smallest absolute Gasteiger partial charge is 0.220 e. The number of nitrogens with one attached hydrogen (secondary N) is 1. The van der Waals surface area contributed by atoms with Crippen molar-refractivity contribution in [1.82, 2.24) is 10.2 Å². The Kier molecular flexibility index (Phi) is 14.6. The van der Waals surface area contributed by atoms with Crippen molar-refractivity contribution in [3.63, 3.8) is 0 Å². The number of carbonyl (C=O) groups is 1. The van der Waals surface area contributed by atoms with Gasteiger partial charge in [-0.15, -0.1) is 24.8 Å². The second kappa shape index (κ2) is 15.1. The molecule has 1 amide bonds. The van der Waals surface area contributed by atoms with E-state index in [1.54, 1.807) is 0 Å². The van der Waals surface area contributed by atoms with Gasteiger partial charge in [-0.1, -0.05) is 30.3 Å². The van der Waals surface area contributed by atoms with Gasteiger partial charge in [0.2, 0.25) is 5.91 Å². The van der Waals surface area contributed by atoms with Gasteiger partial charge < -0.3 is 15.8 Å². The van der Waals surface area contributed by atoms with E-state index in [0.29, 0.717) is 19.1 Å². The largest absolute Gasteiger partial charge is 0.378 e. The van der Waals surface area contributed by atoms with E-state index in [1.165, 1.54) is 5.56 Å².